The lowest BCUT2D eigenvalue weighted by Crippen LogP contribution is -2.40. The second-order valence-electron chi connectivity index (χ2n) is 7.45. The third-order valence-corrected chi connectivity index (χ3v) is 5.21. The van der Waals surface area contributed by atoms with E-state index in [1.54, 1.807) is 0 Å². The Morgan fingerprint density at radius 2 is 1.70 bits per heavy atom. The van der Waals surface area contributed by atoms with Gasteiger partial charge in [0.15, 0.2) is 17.3 Å². The molecule has 33 heavy (non-hydrogen) atoms. The van der Waals surface area contributed by atoms with Gasteiger partial charge in [0.1, 0.15) is 46.9 Å². The number of fused-ring (bicyclic) bond motifs is 1. The molecule has 12 heteroatoms. The van der Waals surface area contributed by atoms with Gasteiger partial charge in [-0.15, -0.1) is 0 Å². The Morgan fingerprint density at radius 3 is 2.36 bits per heavy atom. The number of phenolic OH excluding ortho intramolecular Hbond substituents is 4. The number of benzene rings is 2. The average molecular weight is 464 g/mol. The molecule has 2 heterocycles. The summed E-state index contributed by atoms with van der Waals surface area (Å²) in [6, 6.07) is 5.38. The van der Waals surface area contributed by atoms with E-state index >= 15 is 0 Å². The third-order valence-electron chi connectivity index (χ3n) is 5.21. The summed E-state index contributed by atoms with van der Waals surface area (Å²) in [6.45, 7) is -0.783. The van der Waals surface area contributed by atoms with E-state index in [1.165, 1.54) is 6.07 Å². The first-order valence-corrected chi connectivity index (χ1v) is 9.64. The molecule has 1 aromatic heterocycles. The van der Waals surface area contributed by atoms with Gasteiger partial charge in [0.2, 0.25) is 17.5 Å². The van der Waals surface area contributed by atoms with Crippen molar-refractivity contribution < 1.29 is 54.7 Å². The maximum Gasteiger partial charge on any atom is 0.239 e. The van der Waals surface area contributed by atoms with E-state index < -0.39 is 71.5 Å². The number of ether oxygens (including phenoxy) is 2. The highest BCUT2D eigenvalue weighted by Crippen LogP contribution is 2.39. The molecule has 4 rings (SSSR count). The minimum Gasteiger partial charge on any atom is -0.508 e. The molecule has 8 N–H and O–H groups in total. The Labute approximate surface area is 184 Å². The zero-order valence-corrected chi connectivity index (χ0v) is 16.7. The first-order valence-electron chi connectivity index (χ1n) is 9.64. The van der Waals surface area contributed by atoms with E-state index in [9.17, 15) is 40.5 Å². The zero-order valence-electron chi connectivity index (χ0n) is 16.7. The van der Waals surface area contributed by atoms with E-state index in [2.05, 4.69) is 0 Å². The van der Waals surface area contributed by atoms with Crippen LogP contribution >= 0.6 is 0 Å². The summed E-state index contributed by atoms with van der Waals surface area (Å²) in [5, 5.41) is 78.3. The minimum atomic E-state index is -1.75. The van der Waals surface area contributed by atoms with Gasteiger partial charge in [0.25, 0.3) is 0 Å². The van der Waals surface area contributed by atoms with Crippen molar-refractivity contribution in [3.8, 4) is 40.1 Å². The predicted molar refractivity (Wildman–Crippen MR) is 109 cm³/mol. The largest absolute Gasteiger partial charge is 0.508 e. The van der Waals surface area contributed by atoms with Gasteiger partial charge in [-0.2, -0.15) is 0 Å². The van der Waals surface area contributed by atoms with Crippen LogP contribution in [0.5, 0.6) is 28.7 Å². The second kappa shape index (κ2) is 8.42. The van der Waals surface area contributed by atoms with Crippen molar-refractivity contribution in [2.24, 2.45) is 0 Å². The smallest absolute Gasteiger partial charge is 0.239 e. The molecule has 2 aromatic carbocycles. The van der Waals surface area contributed by atoms with Gasteiger partial charge in [-0.05, 0) is 18.2 Å². The molecule has 5 atom stereocenters. The number of hydrogen-bond acceptors (Lipinski definition) is 12. The van der Waals surface area contributed by atoms with Crippen molar-refractivity contribution >= 4 is 11.0 Å². The van der Waals surface area contributed by atoms with E-state index in [4.69, 9.17) is 19.0 Å². The van der Waals surface area contributed by atoms with E-state index in [0.717, 1.165) is 24.3 Å². The number of aliphatic hydroxyl groups excluding tert-OH is 4. The van der Waals surface area contributed by atoms with Gasteiger partial charge >= 0.3 is 0 Å². The average Bonchev–Trinajstić information content (AvgIpc) is 3.04. The zero-order chi connectivity index (χ0) is 24.0. The summed E-state index contributed by atoms with van der Waals surface area (Å²) < 4.78 is 16.5. The molecule has 0 amide bonds. The normalized spacial score (nSPS) is 23.6. The molecule has 0 aliphatic carbocycles. The monoisotopic (exact) mass is 464 g/mol. The van der Waals surface area contributed by atoms with Gasteiger partial charge in [-0.1, -0.05) is 0 Å². The van der Waals surface area contributed by atoms with Crippen LogP contribution in [0.3, 0.4) is 0 Å². The van der Waals surface area contributed by atoms with E-state index in [-0.39, 0.29) is 22.3 Å². The molecule has 0 saturated carbocycles. The second-order valence-corrected chi connectivity index (χ2v) is 7.45. The quantitative estimate of drug-likeness (QED) is 0.224. The molecule has 1 fully saturated rings. The summed E-state index contributed by atoms with van der Waals surface area (Å²) in [6.07, 6.45) is -8.11. The molecule has 12 nitrogen and oxygen atoms in total. The van der Waals surface area contributed by atoms with Crippen molar-refractivity contribution in [3.05, 3.63) is 40.6 Å². The van der Waals surface area contributed by atoms with Crippen molar-refractivity contribution in [1.82, 2.24) is 0 Å². The summed E-state index contributed by atoms with van der Waals surface area (Å²) in [4.78, 5) is 13.2. The highest BCUT2D eigenvalue weighted by Gasteiger charge is 2.47. The first kappa shape index (κ1) is 22.6. The Hall–Kier alpha value is -3.55. The van der Waals surface area contributed by atoms with Crippen molar-refractivity contribution in [3.63, 3.8) is 0 Å². The first-order chi connectivity index (χ1) is 15.6. The minimum absolute atomic E-state index is 0.0297. The molecule has 0 bridgehead atoms. The lowest BCUT2D eigenvalue weighted by molar-refractivity contribution is -0.137. The molecule has 3 aromatic rings. The molecule has 0 spiro atoms. The molecule has 0 radical (unpaired) electrons. The molecule has 1 aliphatic heterocycles. The van der Waals surface area contributed by atoms with Gasteiger partial charge in [-0.25, -0.2) is 0 Å². The third kappa shape index (κ3) is 3.90. The van der Waals surface area contributed by atoms with Gasteiger partial charge in [0, 0.05) is 17.7 Å². The maximum absolute atomic E-state index is 13.2. The lowest BCUT2D eigenvalue weighted by Gasteiger charge is -2.19. The number of rotatable bonds is 5. The van der Waals surface area contributed by atoms with E-state index in [0.29, 0.717) is 0 Å². The molecule has 1 aliphatic rings. The van der Waals surface area contributed by atoms with Crippen LogP contribution in [0, 0.1) is 0 Å². The molecular weight excluding hydrogens is 444 g/mol. The van der Waals surface area contributed by atoms with Crippen LogP contribution in [-0.4, -0.2) is 78.2 Å². The Balaban J connectivity index is 1.88. The van der Waals surface area contributed by atoms with Gasteiger partial charge < -0.3 is 54.7 Å². The Bertz CT molecular complexity index is 1250. The molecule has 0 unspecified atom stereocenters. The number of aromatic hydroxyl groups is 4. The van der Waals surface area contributed by atoms with Crippen molar-refractivity contribution in [2.45, 2.75) is 30.7 Å². The fourth-order valence-electron chi connectivity index (χ4n) is 3.54. The van der Waals surface area contributed by atoms with E-state index in [1.807, 2.05) is 0 Å². The number of phenols is 4. The summed E-state index contributed by atoms with van der Waals surface area (Å²) >= 11 is 0. The summed E-state index contributed by atoms with van der Waals surface area (Å²) in [5.74, 6) is -3.00. The summed E-state index contributed by atoms with van der Waals surface area (Å²) in [5.41, 5.74) is -1.16. The highest BCUT2D eigenvalue weighted by atomic mass is 16.7. The van der Waals surface area contributed by atoms with Crippen LogP contribution in [-0.2, 0) is 4.74 Å². The molecular formula is C21H20O12. The van der Waals surface area contributed by atoms with Crippen LogP contribution in [0.25, 0.3) is 22.3 Å². The standard InChI is InChI=1S/C21H20O12/c22-6-12(27)19-16(29)17(30)21(32-19)33-20-15(28)14-11(26)4-8(23)5-13(14)31-18(20)7-1-2-9(24)10(25)3-7/h1-5,12,16-17,19,21-27,29-30H,6H2/t12-,16+,17+,19+,21+/m0/s1. The number of hydrogen-bond donors (Lipinski definition) is 8. The van der Waals surface area contributed by atoms with Crippen molar-refractivity contribution in [1.29, 1.82) is 0 Å². The predicted octanol–water partition coefficient (Wildman–Crippen LogP) is -0.539. The van der Waals surface area contributed by atoms with Crippen LogP contribution in [0.15, 0.2) is 39.5 Å². The molecule has 176 valence electrons. The fourth-order valence-corrected chi connectivity index (χ4v) is 3.54. The van der Waals surface area contributed by atoms with Crippen LogP contribution in [0.2, 0.25) is 0 Å². The molecule has 1 saturated heterocycles. The van der Waals surface area contributed by atoms with Crippen LogP contribution in [0.4, 0.5) is 0 Å². The van der Waals surface area contributed by atoms with Crippen LogP contribution in [0.1, 0.15) is 0 Å². The highest BCUT2D eigenvalue weighted by molar-refractivity contribution is 5.88. The summed E-state index contributed by atoms with van der Waals surface area (Å²) in [7, 11) is 0. The van der Waals surface area contributed by atoms with Crippen molar-refractivity contribution in [2.75, 3.05) is 6.61 Å². The van der Waals surface area contributed by atoms with Gasteiger partial charge in [0.05, 0.1) is 6.61 Å². The SMILES string of the molecule is O=c1c(O[C@H]2O[C@H]([C@@H](O)CO)[C@H](O)[C@H]2O)c(-c2ccc(O)c(O)c2)oc2cc(O)cc(O)c12. The Kier molecular flexibility index (Phi) is 5.78. The maximum atomic E-state index is 13.2. The lowest BCUT2D eigenvalue weighted by atomic mass is 10.1. The topological polar surface area (TPSA) is 211 Å². The Morgan fingerprint density at radius 1 is 0.970 bits per heavy atom. The van der Waals surface area contributed by atoms with Gasteiger partial charge in [-0.3, -0.25) is 4.79 Å². The fraction of sp³-hybridized carbons (Fsp3) is 0.286. The van der Waals surface area contributed by atoms with Crippen LogP contribution < -0.4 is 10.2 Å². The number of aliphatic hydroxyl groups is 4.